The first-order valence-electron chi connectivity index (χ1n) is 9.28. The second-order valence-corrected chi connectivity index (χ2v) is 8.48. The highest BCUT2D eigenvalue weighted by Crippen LogP contribution is 2.28. The maximum atomic E-state index is 12.5. The Balaban J connectivity index is 1.51. The molecule has 0 aliphatic carbocycles. The van der Waals surface area contributed by atoms with Crippen LogP contribution in [-0.2, 0) is 9.53 Å². The van der Waals surface area contributed by atoms with E-state index in [0.717, 1.165) is 16.5 Å². The molecule has 0 bridgehead atoms. The van der Waals surface area contributed by atoms with Gasteiger partial charge in [0.2, 0.25) is 5.91 Å². The summed E-state index contributed by atoms with van der Waals surface area (Å²) in [5.74, 6) is 0.209. The summed E-state index contributed by atoms with van der Waals surface area (Å²) in [7, 11) is 0. The van der Waals surface area contributed by atoms with Gasteiger partial charge in [0.1, 0.15) is 10.7 Å². The number of nitrogens with zero attached hydrogens (tertiary/aromatic N) is 4. The summed E-state index contributed by atoms with van der Waals surface area (Å²) in [4.78, 5) is 34.1. The molecule has 0 unspecified atom stereocenters. The molecule has 0 saturated carbocycles. The van der Waals surface area contributed by atoms with E-state index < -0.39 is 0 Å². The van der Waals surface area contributed by atoms with E-state index in [1.54, 1.807) is 17.5 Å². The Kier molecular flexibility index (Phi) is 5.69. The van der Waals surface area contributed by atoms with Crippen LogP contribution in [0.15, 0.2) is 35.5 Å². The van der Waals surface area contributed by atoms with Crippen LogP contribution in [0.2, 0.25) is 0 Å². The van der Waals surface area contributed by atoms with Crippen molar-refractivity contribution in [2.75, 3.05) is 17.7 Å². The van der Waals surface area contributed by atoms with Gasteiger partial charge in [0.25, 0.3) is 0 Å². The third-order valence-corrected chi connectivity index (χ3v) is 6.29. The summed E-state index contributed by atoms with van der Waals surface area (Å²) < 4.78 is 6.71. The number of para-hydroxylation sites is 1. The number of thioether (sulfide) groups is 1. The van der Waals surface area contributed by atoms with Gasteiger partial charge in [-0.05, 0) is 44.5 Å². The molecule has 1 N–H and O–H groups in total. The molecule has 0 atom stereocenters. The average molecular weight is 442 g/mol. The lowest BCUT2D eigenvalue weighted by atomic mass is 10.2. The predicted molar refractivity (Wildman–Crippen MR) is 117 cm³/mol. The van der Waals surface area contributed by atoms with E-state index in [9.17, 15) is 9.59 Å². The summed E-state index contributed by atoms with van der Waals surface area (Å²) in [6.07, 6.45) is 0. The van der Waals surface area contributed by atoms with Crippen LogP contribution in [0.3, 0.4) is 0 Å². The van der Waals surface area contributed by atoms with Crippen molar-refractivity contribution >= 4 is 56.5 Å². The fourth-order valence-corrected chi connectivity index (χ4v) is 4.70. The number of carbonyl (C=O) groups excluding carboxylic acids is 2. The third-order valence-electron chi connectivity index (χ3n) is 4.23. The molecular formula is C20H19N5O3S2. The van der Waals surface area contributed by atoms with Crippen LogP contribution in [0, 0.1) is 13.8 Å². The highest BCUT2D eigenvalue weighted by atomic mass is 32.2. The number of nitrogens with one attached hydrogen (secondary N) is 1. The molecule has 154 valence electrons. The number of hydrogen-bond donors (Lipinski definition) is 1. The molecule has 1 aromatic carbocycles. The average Bonchev–Trinajstić information content (AvgIpc) is 3.28. The first-order valence-corrected chi connectivity index (χ1v) is 11.1. The van der Waals surface area contributed by atoms with Gasteiger partial charge in [-0.25, -0.2) is 14.8 Å². The van der Waals surface area contributed by atoms with Gasteiger partial charge >= 0.3 is 5.97 Å². The normalized spacial score (nSPS) is 11.2. The zero-order valence-corrected chi connectivity index (χ0v) is 18.3. The minimum absolute atomic E-state index is 0.144. The molecule has 3 heterocycles. The molecule has 4 rings (SSSR count). The first-order chi connectivity index (χ1) is 14.5. The number of benzene rings is 1. The smallest absolute Gasteiger partial charge is 0.348 e. The summed E-state index contributed by atoms with van der Waals surface area (Å²) >= 11 is 2.49. The number of esters is 1. The van der Waals surface area contributed by atoms with Crippen LogP contribution < -0.4 is 5.32 Å². The van der Waals surface area contributed by atoms with Crippen molar-refractivity contribution in [1.82, 2.24) is 19.6 Å². The molecule has 0 saturated heterocycles. The Morgan fingerprint density at radius 2 is 2.03 bits per heavy atom. The van der Waals surface area contributed by atoms with Crippen LogP contribution in [0.25, 0.3) is 16.6 Å². The van der Waals surface area contributed by atoms with Crippen LogP contribution in [-0.4, -0.2) is 43.8 Å². The molecule has 3 aromatic heterocycles. The van der Waals surface area contributed by atoms with E-state index in [4.69, 9.17) is 4.74 Å². The molecular weight excluding hydrogens is 422 g/mol. The van der Waals surface area contributed by atoms with Crippen molar-refractivity contribution in [2.24, 2.45) is 0 Å². The fourth-order valence-electron chi connectivity index (χ4n) is 2.97. The lowest BCUT2D eigenvalue weighted by Gasteiger charge is -2.06. The first kappa shape index (κ1) is 20.3. The van der Waals surface area contributed by atoms with Crippen molar-refractivity contribution in [2.45, 2.75) is 25.9 Å². The molecule has 0 aliphatic heterocycles. The maximum absolute atomic E-state index is 12.5. The largest absolute Gasteiger partial charge is 0.462 e. The number of ether oxygens (including phenoxy) is 1. The molecule has 10 heteroatoms. The molecule has 0 fully saturated rings. The van der Waals surface area contributed by atoms with E-state index in [2.05, 4.69) is 20.4 Å². The van der Waals surface area contributed by atoms with Crippen molar-refractivity contribution in [1.29, 1.82) is 0 Å². The molecule has 0 radical (unpaired) electrons. The minimum Gasteiger partial charge on any atom is -0.462 e. The Labute approximate surface area is 180 Å². The van der Waals surface area contributed by atoms with Gasteiger partial charge in [0.15, 0.2) is 10.8 Å². The van der Waals surface area contributed by atoms with Crippen molar-refractivity contribution in [3.8, 4) is 0 Å². The van der Waals surface area contributed by atoms with Gasteiger partial charge in [-0.1, -0.05) is 23.9 Å². The van der Waals surface area contributed by atoms with Crippen LogP contribution >= 0.6 is 23.1 Å². The summed E-state index contributed by atoms with van der Waals surface area (Å²) in [5, 5.41) is 9.36. The Bertz CT molecular complexity index is 1260. The quantitative estimate of drug-likeness (QED) is 0.276. The van der Waals surface area contributed by atoms with Gasteiger partial charge in [0, 0.05) is 5.39 Å². The minimum atomic E-state index is -0.376. The SMILES string of the molecule is CCOC(=O)c1sc(NC(=O)CSc2nc3ccccc3c3nc(C)nn23)cc1C. The van der Waals surface area contributed by atoms with Crippen LogP contribution in [0.4, 0.5) is 5.00 Å². The fraction of sp³-hybridized carbons (Fsp3) is 0.250. The molecule has 8 nitrogen and oxygen atoms in total. The van der Waals surface area contributed by atoms with E-state index in [0.29, 0.717) is 33.1 Å². The Morgan fingerprint density at radius 3 is 2.83 bits per heavy atom. The summed E-state index contributed by atoms with van der Waals surface area (Å²) in [6.45, 7) is 5.71. The van der Waals surface area contributed by atoms with E-state index in [1.165, 1.54) is 23.1 Å². The molecule has 4 aromatic rings. The molecule has 1 amide bonds. The van der Waals surface area contributed by atoms with Crippen LogP contribution in [0.1, 0.15) is 28.0 Å². The molecule has 0 spiro atoms. The number of rotatable bonds is 6. The predicted octanol–water partition coefficient (Wildman–Crippen LogP) is 3.86. The third kappa shape index (κ3) is 4.01. The summed E-state index contributed by atoms with van der Waals surface area (Å²) in [6, 6.07) is 9.48. The highest BCUT2D eigenvalue weighted by Gasteiger charge is 2.17. The Morgan fingerprint density at radius 1 is 1.23 bits per heavy atom. The number of carbonyl (C=O) groups is 2. The van der Waals surface area contributed by atoms with Gasteiger partial charge in [-0.3, -0.25) is 4.79 Å². The standard InChI is InChI=1S/C20H19N5O3S2/c1-4-28-19(27)17-11(2)9-16(30-17)23-15(26)10-29-20-22-14-8-6-5-7-13(14)18-21-12(3)24-25(18)20/h5-9H,4,10H2,1-3H3,(H,23,26). The van der Waals surface area contributed by atoms with Gasteiger partial charge in [-0.15, -0.1) is 16.4 Å². The number of hydrogen-bond acceptors (Lipinski definition) is 8. The Hall–Kier alpha value is -2.98. The number of aryl methyl sites for hydroxylation is 2. The molecule has 30 heavy (non-hydrogen) atoms. The number of aromatic nitrogens is 4. The van der Waals surface area contributed by atoms with Gasteiger partial charge < -0.3 is 10.1 Å². The second kappa shape index (κ2) is 8.41. The van der Waals surface area contributed by atoms with Crippen molar-refractivity contribution in [3.05, 3.63) is 46.6 Å². The summed E-state index contributed by atoms with van der Waals surface area (Å²) in [5.41, 5.74) is 2.29. The zero-order valence-electron chi connectivity index (χ0n) is 16.6. The maximum Gasteiger partial charge on any atom is 0.348 e. The highest BCUT2D eigenvalue weighted by molar-refractivity contribution is 7.99. The lowest BCUT2D eigenvalue weighted by molar-refractivity contribution is -0.113. The van der Waals surface area contributed by atoms with Gasteiger partial charge in [0.05, 0.1) is 22.9 Å². The number of amides is 1. The van der Waals surface area contributed by atoms with Crippen LogP contribution in [0.5, 0.6) is 0 Å². The number of fused-ring (bicyclic) bond motifs is 3. The van der Waals surface area contributed by atoms with E-state index >= 15 is 0 Å². The molecule has 0 aliphatic rings. The number of anilines is 1. The second-order valence-electron chi connectivity index (χ2n) is 6.49. The van der Waals surface area contributed by atoms with Crippen molar-refractivity contribution in [3.63, 3.8) is 0 Å². The number of thiophene rings is 1. The topological polar surface area (TPSA) is 98.5 Å². The van der Waals surface area contributed by atoms with E-state index in [-0.39, 0.29) is 17.6 Å². The van der Waals surface area contributed by atoms with Gasteiger partial charge in [-0.2, -0.15) is 4.52 Å². The zero-order chi connectivity index (χ0) is 21.3. The van der Waals surface area contributed by atoms with Crippen molar-refractivity contribution < 1.29 is 14.3 Å². The lowest BCUT2D eigenvalue weighted by Crippen LogP contribution is -2.14. The monoisotopic (exact) mass is 441 g/mol. The van der Waals surface area contributed by atoms with E-state index in [1.807, 2.05) is 38.1 Å².